The first-order valence-corrected chi connectivity index (χ1v) is 7.41. The van der Waals surface area contributed by atoms with E-state index in [1.54, 1.807) is 0 Å². The Morgan fingerprint density at radius 1 is 1.33 bits per heavy atom. The maximum absolute atomic E-state index is 9.55. The van der Waals surface area contributed by atoms with Gasteiger partial charge in [-0.2, -0.15) is 5.26 Å². The molecule has 1 N–H and O–H groups in total. The third-order valence-electron chi connectivity index (χ3n) is 4.95. The highest BCUT2D eigenvalue weighted by molar-refractivity contribution is 5.16. The number of likely N-dealkylation sites (N-methyl/N-ethyl adjacent to an activating group) is 2. The van der Waals surface area contributed by atoms with E-state index >= 15 is 0 Å². The van der Waals surface area contributed by atoms with E-state index in [2.05, 4.69) is 30.3 Å². The predicted octanol–water partition coefficient (Wildman–Crippen LogP) is 2.39. The first-order chi connectivity index (χ1) is 8.61. The molecule has 2 aliphatic carbocycles. The Hall–Kier alpha value is -0.590. The Labute approximate surface area is 112 Å². The molecular weight excluding hydrogens is 222 g/mol. The molecule has 2 fully saturated rings. The van der Waals surface area contributed by atoms with Gasteiger partial charge in [0.2, 0.25) is 0 Å². The topological polar surface area (TPSA) is 39.1 Å². The van der Waals surface area contributed by atoms with E-state index in [9.17, 15) is 5.26 Å². The second-order valence-corrected chi connectivity index (χ2v) is 6.45. The lowest BCUT2D eigenvalue weighted by molar-refractivity contribution is 0.131. The molecule has 0 aliphatic heterocycles. The highest BCUT2D eigenvalue weighted by Crippen LogP contribution is 2.40. The molecule has 0 radical (unpaired) electrons. The van der Waals surface area contributed by atoms with E-state index in [4.69, 9.17) is 0 Å². The van der Waals surface area contributed by atoms with Gasteiger partial charge in [0, 0.05) is 12.6 Å². The van der Waals surface area contributed by atoms with E-state index < -0.39 is 0 Å². The Balaban J connectivity index is 1.96. The van der Waals surface area contributed by atoms with Gasteiger partial charge in [0.05, 0.1) is 6.07 Å². The molecule has 0 aromatic heterocycles. The van der Waals surface area contributed by atoms with Crippen LogP contribution in [0.25, 0.3) is 0 Å². The highest BCUT2D eigenvalue weighted by Gasteiger charge is 2.46. The van der Waals surface area contributed by atoms with Gasteiger partial charge < -0.3 is 10.2 Å². The second-order valence-electron chi connectivity index (χ2n) is 6.45. The van der Waals surface area contributed by atoms with Gasteiger partial charge in [0.15, 0.2) is 0 Å². The van der Waals surface area contributed by atoms with Crippen molar-refractivity contribution in [3.05, 3.63) is 0 Å². The van der Waals surface area contributed by atoms with Gasteiger partial charge in [-0.05, 0) is 51.6 Å². The molecule has 0 amide bonds. The first kappa shape index (κ1) is 13.8. The summed E-state index contributed by atoms with van der Waals surface area (Å²) in [5.74, 6) is 1.41. The van der Waals surface area contributed by atoms with Crippen molar-refractivity contribution in [2.24, 2.45) is 11.8 Å². The number of rotatable bonds is 5. The third kappa shape index (κ3) is 2.87. The van der Waals surface area contributed by atoms with Crippen molar-refractivity contribution in [2.75, 3.05) is 20.6 Å². The number of nitrogens with zero attached hydrogens (tertiary/aromatic N) is 2. The molecular formula is C15H27N3. The SMILES string of the molecule is CNC(C#N)(CN(C)C1CCCC(C)C1)C1CC1. The molecule has 102 valence electrons. The van der Waals surface area contributed by atoms with Crippen LogP contribution in [0.1, 0.15) is 45.4 Å². The van der Waals surface area contributed by atoms with Crippen molar-refractivity contribution in [3.63, 3.8) is 0 Å². The zero-order valence-corrected chi connectivity index (χ0v) is 12.1. The monoisotopic (exact) mass is 249 g/mol. The molecule has 0 aromatic rings. The molecule has 2 saturated carbocycles. The zero-order valence-electron chi connectivity index (χ0n) is 12.1. The summed E-state index contributed by atoms with van der Waals surface area (Å²) in [5.41, 5.74) is -0.310. The van der Waals surface area contributed by atoms with Crippen LogP contribution in [-0.2, 0) is 0 Å². The largest absolute Gasteiger partial charge is 0.301 e. The van der Waals surface area contributed by atoms with Gasteiger partial charge >= 0.3 is 0 Å². The molecule has 3 nitrogen and oxygen atoms in total. The van der Waals surface area contributed by atoms with Gasteiger partial charge in [-0.25, -0.2) is 0 Å². The van der Waals surface area contributed by atoms with Crippen molar-refractivity contribution in [1.29, 1.82) is 5.26 Å². The van der Waals surface area contributed by atoms with Gasteiger partial charge in [-0.1, -0.05) is 19.8 Å². The minimum Gasteiger partial charge on any atom is -0.301 e. The van der Waals surface area contributed by atoms with Crippen LogP contribution in [0.15, 0.2) is 0 Å². The third-order valence-corrected chi connectivity index (χ3v) is 4.95. The molecule has 0 spiro atoms. The predicted molar refractivity (Wildman–Crippen MR) is 74.2 cm³/mol. The summed E-state index contributed by atoms with van der Waals surface area (Å²) in [6.45, 7) is 3.23. The lowest BCUT2D eigenvalue weighted by Crippen LogP contribution is -2.54. The molecule has 2 aliphatic rings. The minimum atomic E-state index is -0.310. The van der Waals surface area contributed by atoms with E-state index in [-0.39, 0.29) is 5.54 Å². The fourth-order valence-corrected chi connectivity index (χ4v) is 3.50. The molecule has 0 saturated heterocycles. The minimum absolute atomic E-state index is 0.310. The average Bonchev–Trinajstić information content (AvgIpc) is 3.20. The van der Waals surface area contributed by atoms with E-state index in [0.717, 1.165) is 12.5 Å². The van der Waals surface area contributed by atoms with Crippen LogP contribution >= 0.6 is 0 Å². The Bertz CT molecular complexity index is 318. The fourth-order valence-electron chi connectivity index (χ4n) is 3.50. The summed E-state index contributed by atoms with van der Waals surface area (Å²) in [4.78, 5) is 2.44. The summed E-state index contributed by atoms with van der Waals surface area (Å²) >= 11 is 0. The van der Waals surface area contributed by atoms with E-state index in [0.29, 0.717) is 12.0 Å². The van der Waals surface area contributed by atoms with Crippen LogP contribution in [0.2, 0.25) is 0 Å². The average molecular weight is 249 g/mol. The Morgan fingerprint density at radius 3 is 2.56 bits per heavy atom. The van der Waals surface area contributed by atoms with E-state index in [1.807, 2.05) is 7.05 Å². The van der Waals surface area contributed by atoms with Gasteiger partial charge in [-0.3, -0.25) is 0 Å². The number of hydrogen-bond donors (Lipinski definition) is 1. The number of nitriles is 1. The van der Waals surface area contributed by atoms with Crippen molar-refractivity contribution >= 4 is 0 Å². The van der Waals surface area contributed by atoms with Gasteiger partial charge in [0.1, 0.15) is 5.54 Å². The van der Waals surface area contributed by atoms with Crippen molar-refractivity contribution < 1.29 is 0 Å². The van der Waals surface area contributed by atoms with Crippen molar-refractivity contribution in [3.8, 4) is 6.07 Å². The molecule has 2 rings (SSSR count). The Kier molecular flexibility index (Phi) is 4.29. The molecule has 3 heteroatoms. The maximum atomic E-state index is 9.55. The molecule has 18 heavy (non-hydrogen) atoms. The normalized spacial score (nSPS) is 31.9. The summed E-state index contributed by atoms with van der Waals surface area (Å²) in [6.07, 6.45) is 7.75. The molecule has 3 atom stereocenters. The molecule has 0 bridgehead atoms. The van der Waals surface area contributed by atoms with Crippen LogP contribution in [-0.4, -0.2) is 37.1 Å². The first-order valence-electron chi connectivity index (χ1n) is 7.41. The molecule has 0 aromatic carbocycles. The number of nitrogens with one attached hydrogen (secondary N) is 1. The molecule has 3 unspecified atom stereocenters. The van der Waals surface area contributed by atoms with Crippen molar-refractivity contribution in [2.45, 2.75) is 57.0 Å². The van der Waals surface area contributed by atoms with Crippen LogP contribution < -0.4 is 5.32 Å². The smallest absolute Gasteiger partial charge is 0.122 e. The second kappa shape index (κ2) is 5.59. The van der Waals surface area contributed by atoms with Crippen LogP contribution in [0.5, 0.6) is 0 Å². The van der Waals surface area contributed by atoms with Crippen LogP contribution in [0, 0.1) is 23.2 Å². The van der Waals surface area contributed by atoms with E-state index in [1.165, 1.54) is 38.5 Å². The summed E-state index contributed by atoms with van der Waals surface area (Å²) in [6, 6.07) is 3.23. The quantitative estimate of drug-likeness (QED) is 0.813. The summed E-state index contributed by atoms with van der Waals surface area (Å²) in [7, 11) is 4.15. The zero-order chi connectivity index (χ0) is 13.2. The Morgan fingerprint density at radius 2 is 2.06 bits per heavy atom. The lowest BCUT2D eigenvalue weighted by Gasteiger charge is -2.38. The van der Waals surface area contributed by atoms with Crippen LogP contribution in [0.4, 0.5) is 0 Å². The fraction of sp³-hybridized carbons (Fsp3) is 0.933. The van der Waals surface area contributed by atoms with Gasteiger partial charge in [0.25, 0.3) is 0 Å². The summed E-state index contributed by atoms with van der Waals surface area (Å²) < 4.78 is 0. The maximum Gasteiger partial charge on any atom is 0.122 e. The standard InChI is InChI=1S/C15H27N3/c1-12-5-4-6-14(9-12)18(3)11-15(10-16,17-2)13-7-8-13/h12-14,17H,4-9,11H2,1-3H3. The highest BCUT2D eigenvalue weighted by atomic mass is 15.2. The van der Waals surface area contributed by atoms with Crippen molar-refractivity contribution in [1.82, 2.24) is 10.2 Å². The van der Waals surface area contributed by atoms with Crippen LogP contribution in [0.3, 0.4) is 0 Å². The molecule has 0 heterocycles. The number of hydrogen-bond acceptors (Lipinski definition) is 3. The van der Waals surface area contributed by atoms with Gasteiger partial charge in [-0.15, -0.1) is 0 Å². The lowest BCUT2D eigenvalue weighted by atomic mass is 9.85. The summed E-state index contributed by atoms with van der Waals surface area (Å²) in [5, 5.41) is 12.9.